The number of fused-ring (bicyclic) bond motifs is 8. The molecule has 1 aromatic rings. The first-order valence-corrected chi connectivity index (χ1v) is 31.2. The molecular weight excluding hydrogens is 1120 g/mol. The van der Waals surface area contributed by atoms with Crippen LogP contribution in [0.5, 0.6) is 0 Å². The Bertz CT molecular complexity index is 2690. The highest BCUT2D eigenvalue weighted by molar-refractivity contribution is 5.69. The molecule has 0 unspecified atom stereocenters. The van der Waals surface area contributed by atoms with Gasteiger partial charge in [-0.2, -0.15) is 0 Å². The predicted octanol–water partition coefficient (Wildman–Crippen LogP) is 7.43. The normalized spacial score (nSPS) is 45.9. The van der Waals surface area contributed by atoms with Crippen LogP contribution in [0.25, 0.3) is 0 Å². The van der Waals surface area contributed by atoms with E-state index in [0.717, 1.165) is 72.3 Å². The van der Waals surface area contributed by atoms with Gasteiger partial charge in [0.2, 0.25) is 0 Å². The van der Waals surface area contributed by atoms with Gasteiger partial charge in [0, 0.05) is 59.4 Å². The third-order valence-corrected chi connectivity index (χ3v) is 20.9. The second kappa shape index (κ2) is 25.0. The van der Waals surface area contributed by atoms with Crippen molar-refractivity contribution < 1.29 is 105 Å². The number of ether oxygens (including phenoxy) is 16. The second-order valence-corrected chi connectivity index (χ2v) is 26.6. The molecule has 27 atom stereocenters. The molecule has 9 fully saturated rings. The van der Waals surface area contributed by atoms with Crippen LogP contribution in [0, 0.1) is 46.3 Å². The van der Waals surface area contributed by atoms with Crippen molar-refractivity contribution in [2.24, 2.45) is 46.3 Å². The molecule has 0 amide bonds. The first-order valence-electron chi connectivity index (χ1n) is 31.2. The molecule has 0 N–H and O–H groups in total. The summed E-state index contributed by atoms with van der Waals surface area (Å²) in [6.07, 6.45) is -10.6. The fourth-order valence-corrected chi connectivity index (χ4v) is 17.2. The first-order chi connectivity index (χ1) is 40.9. The zero-order valence-corrected chi connectivity index (χ0v) is 51.6. The third-order valence-electron chi connectivity index (χ3n) is 20.9. The summed E-state index contributed by atoms with van der Waals surface area (Å²) in [4.78, 5) is 77.3. The van der Waals surface area contributed by atoms with E-state index in [1.165, 1.54) is 26.3 Å². The Labute approximate surface area is 503 Å². The summed E-state index contributed by atoms with van der Waals surface area (Å²) < 4.78 is 103. The Morgan fingerprint density at radius 2 is 1.10 bits per heavy atom. The van der Waals surface area contributed by atoms with Crippen LogP contribution < -0.4 is 0 Å². The number of hydrogen-bond acceptors (Lipinski definition) is 22. The molecule has 11 rings (SSSR count). The number of carbonyl (C=O) groups excluding carboxylic acids is 6. The largest absolute Gasteiger partial charge is 0.456 e. The van der Waals surface area contributed by atoms with Crippen LogP contribution in [0.15, 0.2) is 42.0 Å². The summed E-state index contributed by atoms with van der Waals surface area (Å²) in [5.74, 6) is -2.32. The van der Waals surface area contributed by atoms with Crippen molar-refractivity contribution in [3.63, 3.8) is 0 Å². The van der Waals surface area contributed by atoms with Crippen molar-refractivity contribution in [2.75, 3.05) is 13.2 Å². The van der Waals surface area contributed by atoms with E-state index in [9.17, 15) is 28.8 Å². The third kappa shape index (κ3) is 12.1. The quantitative estimate of drug-likeness (QED) is 0.106. The van der Waals surface area contributed by atoms with Crippen LogP contribution >= 0.6 is 0 Å². The minimum Gasteiger partial charge on any atom is -0.456 e. The number of rotatable bonds is 13. The fraction of sp³-hybridized carbons (Fsp3) is 0.781. The van der Waals surface area contributed by atoms with Gasteiger partial charge >= 0.3 is 35.8 Å². The van der Waals surface area contributed by atoms with Crippen LogP contribution in [0.2, 0.25) is 0 Å². The molecule has 86 heavy (non-hydrogen) atoms. The van der Waals surface area contributed by atoms with E-state index >= 15 is 0 Å². The van der Waals surface area contributed by atoms with Crippen molar-refractivity contribution in [1.29, 1.82) is 0 Å². The molecule has 10 aliphatic rings. The monoisotopic (exact) mass is 1210 g/mol. The molecule has 22 heteroatoms. The number of benzene rings is 1. The van der Waals surface area contributed by atoms with Gasteiger partial charge in [-0.3, -0.25) is 28.8 Å². The maximum Gasteiger partial charge on any atom is 0.303 e. The molecule has 1 spiro atoms. The van der Waals surface area contributed by atoms with Gasteiger partial charge < -0.3 is 75.8 Å². The van der Waals surface area contributed by atoms with E-state index in [1.54, 1.807) is 13.8 Å². The lowest BCUT2D eigenvalue weighted by Gasteiger charge is -2.59. The molecule has 476 valence electrons. The zero-order valence-electron chi connectivity index (χ0n) is 51.6. The summed E-state index contributed by atoms with van der Waals surface area (Å²) in [6.45, 7) is 20.5. The molecule has 3 saturated carbocycles. The maximum absolute atomic E-state index is 13.2. The summed E-state index contributed by atoms with van der Waals surface area (Å²) in [7, 11) is 0. The van der Waals surface area contributed by atoms with Crippen molar-refractivity contribution >= 4 is 35.8 Å². The molecule has 0 bridgehead atoms. The minimum atomic E-state index is -1.62. The Hall–Kier alpha value is -4.62. The molecular formula is C64H88O22. The molecule has 6 heterocycles. The summed E-state index contributed by atoms with van der Waals surface area (Å²) >= 11 is 0. The second-order valence-electron chi connectivity index (χ2n) is 26.6. The van der Waals surface area contributed by atoms with Gasteiger partial charge in [-0.15, -0.1) is 0 Å². The lowest BCUT2D eigenvalue weighted by atomic mass is 9.47. The lowest BCUT2D eigenvalue weighted by molar-refractivity contribution is -0.416. The minimum absolute atomic E-state index is 0.0437. The van der Waals surface area contributed by atoms with E-state index in [2.05, 4.69) is 33.8 Å². The number of carbonyl (C=O) groups is 6. The smallest absolute Gasteiger partial charge is 0.303 e. The van der Waals surface area contributed by atoms with Gasteiger partial charge in [0.05, 0.1) is 37.6 Å². The molecule has 1 aromatic carbocycles. The first kappa shape index (κ1) is 63.0. The van der Waals surface area contributed by atoms with Crippen LogP contribution in [-0.4, -0.2) is 159 Å². The van der Waals surface area contributed by atoms with Gasteiger partial charge in [0.1, 0.15) is 24.4 Å². The van der Waals surface area contributed by atoms with Crippen molar-refractivity contribution in [1.82, 2.24) is 0 Å². The zero-order chi connectivity index (χ0) is 61.3. The lowest BCUT2D eigenvalue weighted by Crippen LogP contribution is -2.69. The number of allylic oxidation sites excluding steroid dienone is 1. The highest BCUT2D eigenvalue weighted by atomic mass is 16.8. The van der Waals surface area contributed by atoms with E-state index in [0.29, 0.717) is 53.9 Å². The van der Waals surface area contributed by atoms with Crippen LogP contribution in [0.1, 0.15) is 153 Å². The highest BCUT2D eigenvalue weighted by Crippen LogP contribution is 2.71. The summed E-state index contributed by atoms with van der Waals surface area (Å²) in [6, 6.07) is 9.20. The van der Waals surface area contributed by atoms with Gasteiger partial charge in [-0.1, -0.05) is 69.7 Å². The Kier molecular flexibility index (Phi) is 18.3. The molecule has 22 nitrogen and oxygen atoms in total. The van der Waals surface area contributed by atoms with Gasteiger partial charge in [0.15, 0.2) is 67.6 Å². The van der Waals surface area contributed by atoms with Gasteiger partial charge in [0.25, 0.3) is 0 Å². The van der Waals surface area contributed by atoms with E-state index in [-0.39, 0.29) is 23.5 Å². The number of esters is 6. The Morgan fingerprint density at radius 3 is 1.67 bits per heavy atom. The molecule has 0 radical (unpaired) electrons. The summed E-state index contributed by atoms with van der Waals surface area (Å²) in [5, 5.41) is 0. The fourth-order valence-electron chi connectivity index (χ4n) is 17.2. The molecule has 6 aliphatic heterocycles. The average molecular weight is 1210 g/mol. The van der Waals surface area contributed by atoms with Crippen molar-refractivity contribution in [2.45, 2.75) is 257 Å². The topological polar surface area (TPSA) is 250 Å². The van der Waals surface area contributed by atoms with Crippen molar-refractivity contribution in [3.05, 3.63) is 47.5 Å². The van der Waals surface area contributed by atoms with Crippen LogP contribution in [0.3, 0.4) is 0 Å². The highest BCUT2D eigenvalue weighted by Gasteiger charge is 2.69. The van der Waals surface area contributed by atoms with Crippen LogP contribution in [-0.2, 0) is 105 Å². The average Bonchev–Trinajstić information content (AvgIpc) is 1.57. The Morgan fingerprint density at radius 1 is 0.547 bits per heavy atom. The number of hydrogen-bond donors (Lipinski definition) is 0. The van der Waals surface area contributed by atoms with Crippen LogP contribution in [0.4, 0.5) is 0 Å². The molecule has 6 saturated heterocycles. The SMILES string of the molecule is CC(=O)O[C@@H]1[C@@H](OC(C)=O)[C@H](C)O[C@@H](O[C@@H]2[C@@H](O[C@@H]3O[C@@H](C)[C@H](OC(C)=O)[C@@H](OC(C)=O)[C@H]3OC(C)=O)[C@H](O[C@H]3CC[C@@]4(C)C(=CC[C@H]5[C@@H]6C[C@@H]7O[C@]8(CC[C@@H](C)CO8)[C@@H](C)[C@@H]7[C@@]6(C)CC[C@@H]54)C3)O[C@@H]3CO[C@@H](c4ccccc4)O[C@@H]23)[C@@H]1OC(C)=O. The van der Waals surface area contributed by atoms with E-state index in [4.69, 9.17) is 75.8 Å². The molecule has 0 aromatic heterocycles. The summed E-state index contributed by atoms with van der Waals surface area (Å²) in [5.41, 5.74) is 2.02. The predicted molar refractivity (Wildman–Crippen MR) is 297 cm³/mol. The molecule has 4 aliphatic carbocycles. The van der Waals surface area contributed by atoms with Crippen molar-refractivity contribution in [3.8, 4) is 0 Å². The van der Waals surface area contributed by atoms with E-state index in [1.807, 2.05) is 30.3 Å². The van der Waals surface area contributed by atoms with E-state index < -0.39 is 146 Å². The maximum atomic E-state index is 13.2. The standard InChI is InChI=1S/C64H88O22/c1-30-20-25-64(72-28-30)31(2)48-46(86-64)27-45-43-19-18-41-26-42(21-23-62(41,11)44(43)22-24-63(45,48)12)81-61-57(85-60-56(80-39(10)70)53(78-37(8)68)50(33(4)74-60)76-35(6)66)54(51-47(82-61)29-71-58(83-51)40-16-14-13-15-17-40)84-59-55(79-38(9)69)52(77-36(7)67)49(32(3)73-59)75-34(5)65/h13-18,30-33,42-61H,19-29H2,1-12H3/t30-,31+,32+,33+,42+,43-,44+,45+,46+,47-,48+,49+,50+,51-,52-,53-,54+,55-,56-,57-,58-,59+,60+,61-,62+,63+,64-/m1/s1. The van der Waals surface area contributed by atoms with Gasteiger partial charge in [-0.25, -0.2) is 0 Å². The Balaban J connectivity index is 0.941. The van der Waals surface area contributed by atoms with Gasteiger partial charge in [-0.05, 0) is 106 Å².